The van der Waals surface area contributed by atoms with E-state index in [-0.39, 0.29) is 34.5 Å². The van der Waals surface area contributed by atoms with E-state index in [0.717, 1.165) is 6.07 Å². The van der Waals surface area contributed by atoms with E-state index in [2.05, 4.69) is 20.9 Å². The predicted molar refractivity (Wildman–Crippen MR) is 61.9 cm³/mol. The number of rotatable bonds is 4. The molecule has 0 saturated heterocycles. The third kappa shape index (κ3) is 3.47. The normalized spacial score (nSPS) is 10.2. The van der Waals surface area contributed by atoms with Crippen LogP contribution < -0.4 is 0 Å². The maximum atomic E-state index is 12.7. The van der Waals surface area contributed by atoms with Crippen molar-refractivity contribution in [3.8, 4) is 6.07 Å². The van der Waals surface area contributed by atoms with Crippen molar-refractivity contribution in [1.82, 2.24) is 4.98 Å². The molecule has 0 aliphatic carbocycles. The second-order valence-corrected chi connectivity index (χ2v) is 4.02. The van der Waals surface area contributed by atoms with Gasteiger partial charge >= 0.3 is 5.97 Å². The molecule has 0 N–H and O–H groups in total. The van der Waals surface area contributed by atoms with E-state index in [4.69, 9.17) is 10.00 Å². The summed E-state index contributed by atoms with van der Waals surface area (Å²) in [6.07, 6.45) is -2.99. The molecule has 18 heavy (non-hydrogen) atoms. The number of carbonyl (C=O) groups excluding carboxylic acids is 1. The zero-order chi connectivity index (χ0) is 13.7. The van der Waals surface area contributed by atoms with Gasteiger partial charge in [0.2, 0.25) is 0 Å². The van der Waals surface area contributed by atoms with Gasteiger partial charge in [-0.3, -0.25) is 4.79 Å². The van der Waals surface area contributed by atoms with Gasteiger partial charge in [0.1, 0.15) is 16.4 Å². The molecule has 0 saturated carbocycles. The molecular formula is C11H9BrF2N2O2. The minimum Gasteiger partial charge on any atom is -0.466 e. The molecule has 1 aromatic rings. The van der Waals surface area contributed by atoms with Gasteiger partial charge in [0.15, 0.2) is 0 Å². The van der Waals surface area contributed by atoms with Crippen molar-refractivity contribution in [2.45, 2.75) is 19.8 Å². The first-order chi connectivity index (χ1) is 8.49. The van der Waals surface area contributed by atoms with E-state index < -0.39 is 12.4 Å². The topological polar surface area (TPSA) is 63.0 Å². The Morgan fingerprint density at radius 1 is 1.67 bits per heavy atom. The van der Waals surface area contributed by atoms with Crippen molar-refractivity contribution in [2.75, 3.05) is 6.61 Å². The summed E-state index contributed by atoms with van der Waals surface area (Å²) < 4.78 is 29.9. The summed E-state index contributed by atoms with van der Waals surface area (Å²) in [5.41, 5.74) is -0.290. The molecule has 0 radical (unpaired) electrons. The van der Waals surface area contributed by atoms with Crippen LogP contribution in [0.15, 0.2) is 10.7 Å². The van der Waals surface area contributed by atoms with E-state index in [1.54, 1.807) is 13.0 Å². The SMILES string of the molecule is CCOC(=O)Cc1cc(C(F)F)c(Br)nc1C#N. The van der Waals surface area contributed by atoms with Crippen LogP contribution in [0.3, 0.4) is 0 Å². The molecule has 96 valence electrons. The first-order valence-corrected chi connectivity index (χ1v) is 5.82. The Morgan fingerprint density at radius 3 is 2.83 bits per heavy atom. The Bertz CT molecular complexity index is 501. The monoisotopic (exact) mass is 318 g/mol. The zero-order valence-electron chi connectivity index (χ0n) is 9.41. The Hall–Kier alpha value is -1.55. The van der Waals surface area contributed by atoms with Crippen LogP contribution >= 0.6 is 15.9 Å². The second kappa shape index (κ2) is 6.40. The maximum Gasteiger partial charge on any atom is 0.310 e. The molecule has 0 spiro atoms. The highest BCUT2D eigenvalue weighted by molar-refractivity contribution is 9.10. The van der Waals surface area contributed by atoms with Crippen LogP contribution in [0.25, 0.3) is 0 Å². The van der Waals surface area contributed by atoms with E-state index in [1.165, 1.54) is 0 Å². The molecule has 0 aliphatic heterocycles. The molecule has 0 bridgehead atoms. The molecule has 1 heterocycles. The van der Waals surface area contributed by atoms with E-state index in [1.807, 2.05) is 0 Å². The molecule has 0 atom stereocenters. The van der Waals surface area contributed by atoms with Gasteiger partial charge < -0.3 is 4.74 Å². The number of alkyl halides is 2. The van der Waals surface area contributed by atoms with Gasteiger partial charge in [-0.2, -0.15) is 5.26 Å². The molecule has 0 aromatic carbocycles. The van der Waals surface area contributed by atoms with Crippen LogP contribution in [0.1, 0.15) is 30.2 Å². The molecule has 7 heteroatoms. The van der Waals surface area contributed by atoms with Crippen LogP contribution in [-0.4, -0.2) is 17.6 Å². The number of pyridine rings is 1. The van der Waals surface area contributed by atoms with Crippen molar-refractivity contribution in [3.05, 3.63) is 27.5 Å². The largest absolute Gasteiger partial charge is 0.466 e. The van der Waals surface area contributed by atoms with Crippen LogP contribution in [0.5, 0.6) is 0 Å². The van der Waals surface area contributed by atoms with Crippen LogP contribution in [0.4, 0.5) is 8.78 Å². The lowest BCUT2D eigenvalue weighted by molar-refractivity contribution is -0.142. The summed E-state index contributed by atoms with van der Waals surface area (Å²) >= 11 is 2.86. The number of halogens is 3. The Labute approximate surface area is 111 Å². The molecule has 4 nitrogen and oxygen atoms in total. The first-order valence-electron chi connectivity index (χ1n) is 5.02. The molecule has 1 rings (SSSR count). The summed E-state index contributed by atoms with van der Waals surface area (Å²) in [6.45, 7) is 1.82. The molecule has 1 aromatic heterocycles. The van der Waals surface area contributed by atoms with E-state index in [9.17, 15) is 13.6 Å². The van der Waals surface area contributed by atoms with E-state index >= 15 is 0 Å². The number of nitrogens with zero attached hydrogens (tertiary/aromatic N) is 2. The first kappa shape index (κ1) is 14.5. The predicted octanol–water partition coefficient (Wildman–Crippen LogP) is 2.76. The fourth-order valence-corrected chi connectivity index (χ4v) is 1.77. The molecule has 0 unspecified atom stereocenters. The van der Waals surface area contributed by atoms with Crippen LogP contribution in [0.2, 0.25) is 0 Å². The highest BCUT2D eigenvalue weighted by Crippen LogP contribution is 2.28. The van der Waals surface area contributed by atoms with Gasteiger partial charge in [-0.15, -0.1) is 0 Å². The lowest BCUT2D eigenvalue weighted by Crippen LogP contribution is -2.10. The van der Waals surface area contributed by atoms with Gasteiger partial charge in [-0.1, -0.05) is 0 Å². The van der Waals surface area contributed by atoms with Gasteiger partial charge in [-0.05, 0) is 28.9 Å². The fraction of sp³-hybridized carbons (Fsp3) is 0.364. The number of esters is 1. The third-order valence-corrected chi connectivity index (χ3v) is 2.70. The van der Waals surface area contributed by atoms with Crippen LogP contribution in [0, 0.1) is 11.3 Å². The molecular weight excluding hydrogens is 310 g/mol. The van der Waals surface area contributed by atoms with Gasteiger partial charge in [-0.25, -0.2) is 13.8 Å². The summed E-state index contributed by atoms with van der Waals surface area (Å²) in [7, 11) is 0. The molecule has 0 amide bonds. The number of hydrogen-bond donors (Lipinski definition) is 0. The minimum absolute atomic E-state index is 0.0701. The molecule has 0 fully saturated rings. The smallest absolute Gasteiger partial charge is 0.310 e. The van der Waals surface area contributed by atoms with E-state index in [0.29, 0.717) is 0 Å². The minimum atomic E-state index is -2.74. The van der Waals surface area contributed by atoms with Crippen molar-refractivity contribution in [3.63, 3.8) is 0 Å². The van der Waals surface area contributed by atoms with Crippen molar-refractivity contribution < 1.29 is 18.3 Å². The molecule has 0 aliphatic rings. The lowest BCUT2D eigenvalue weighted by atomic mass is 10.1. The Morgan fingerprint density at radius 2 is 2.33 bits per heavy atom. The average molecular weight is 319 g/mol. The summed E-state index contributed by atoms with van der Waals surface area (Å²) in [5.74, 6) is -0.585. The number of hydrogen-bond acceptors (Lipinski definition) is 4. The quantitative estimate of drug-likeness (QED) is 0.632. The number of nitriles is 1. The standard InChI is InChI=1S/C11H9BrF2N2O2/c1-2-18-9(17)4-6-3-7(11(13)14)10(12)16-8(6)5-15/h3,11H,2,4H2,1H3. The van der Waals surface area contributed by atoms with Crippen molar-refractivity contribution in [2.24, 2.45) is 0 Å². The maximum absolute atomic E-state index is 12.7. The number of ether oxygens (including phenoxy) is 1. The fourth-order valence-electron chi connectivity index (χ4n) is 1.30. The van der Waals surface area contributed by atoms with Crippen LogP contribution in [-0.2, 0) is 16.0 Å². The highest BCUT2D eigenvalue weighted by Gasteiger charge is 2.18. The van der Waals surface area contributed by atoms with Gasteiger partial charge in [0.25, 0.3) is 6.43 Å². The number of aromatic nitrogens is 1. The Balaban J connectivity index is 3.13. The highest BCUT2D eigenvalue weighted by atomic mass is 79.9. The second-order valence-electron chi connectivity index (χ2n) is 3.27. The summed E-state index contributed by atoms with van der Waals surface area (Å²) in [6, 6.07) is 2.85. The van der Waals surface area contributed by atoms with Crippen molar-refractivity contribution >= 4 is 21.9 Å². The third-order valence-electron chi connectivity index (χ3n) is 2.06. The average Bonchev–Trinajstić information content (AvgIpc) is 2.30. The Kier molecular flexibility index (Phi) is 5.16. The number of carbonyl (C=O) groups is 1. The summed E-state index contributed by atoms with van der Waals surface area (Å²) in [5, 5.41) is 8.84. The van der Waals surface area contributed by atoms with Crippen molar-refractivity contribution in [1.29, 1.82) is 5.26 Å². The summed E-state index contributed by atoms with van der Waals surface area (Å²) in [4.78, 5) is 15.0. The zero-order valence-corrected chi connectivity index (χ0v) is 11.0. The van der Waals surface area contributed by atoms with Gasteiger partial charge in [0.05, 0.1) is 18.6 Å². The van der Waals surface area contributed by atoms with Gasteiger partial charge in [0, 0.05) is 5.56 Å². The lowest BCUT2D eigenvalue weighted by Gasteiger charge is -2.08.